The van der Waals surface area contributed by atoms with E-state index in [1.54, 1.807) is 11.6 Å². The van der Waals surface area contributed by atoms with Gasteiger partial charge in [-0.25, -0.2) is 19.4 Å². The molecule has 2 aromatic heterocycles. The van der Waals surface area contributed by atoms with E-state index in [1.807, 2.05) is 50.4 Å². The summed E-state index contributed by atoms with van der Waals surface area (Å²) in [5.74, 6) is -8.02. The van der Waals surface area contributed by atoms with E-state index in [0.29, 0.717) is 60.7 Å². The molecule has 16 nitrogen and oxygen atoms in total. The second kappa shape index (κ2) is 23.4. The minimum Gasteiger partial charge on any atom is -0.490 e. The van der Waals surface area contributed by atoms with Gasteiger partial charge in [-0.15, -0.1) is 11.3 Å². The molecule has 0 saturated carbocycles. The molecule has 2 heterocycles. The number of hydrogen-bond donors (Lipinski definition) is 7. The summed E-state index contributed by atoms with van der Waals surface area (Å²) in [6.45, 7) is 7.02. The molecule has 4 aromatic rings. The molecular weight excluding hydrogens is 867 g/mol. The standard InChI is InChI=1S/C29H34N6O4S.3C2HF3O2/c1-4-19-17(13-33-29(37)22(30)10-18-15-40-16-34-18)8-7-9-23(19)35-27-20-11-25(38-5-2)26(39-6-3)12-24(20)32-14-21(27)28(31)36;3*3-2(4,5)1(6)7/h7-9,11-12,14-16,22H,4-6,10,13,30H2,1-3H3,(H2,31,36)(H,32,35)(H,33,37);3*(H,6,7)/t22-;;;/m0.../s1. The first-order valence-electron chi connectivity index (χ1n) is 16.9. The second-order valence-corrected chi connectivity index (χ2v) is 12.2. The van der Waals surface area contributed by atoms with Crippen LogP contribution >= 0.6 is 11.3 Å². The Morgan fingerprint density at radius 2 is 1.33 bits per heavy atom. The van der Waals surface area contributed by atoms with E-state index in [9.17, 15) is 49.1 Å². The lowest BCUT2D eigenvalue weighted by Gasteiger charge is -2.20. The lowest BCUT2D eigenvalue weighted by molar-refractivity contribution is -0.193. The minimum absolute atomic E-state index is 0.243. The summed E-state index contributed by atoms with van der Waals surface area (Å²) in [6, 6.07) is 8.68. The number of pyridine rings is 1. The highest BCUT2D eigenvalue weighted by Crippen LogP contribution is 2.38. The summed E-state index contributed by atoms with van der Waals surface area (Å²) < 4.78 is 107. The maximum absolute atomic E-state index is 12.7. The van der Waals surface area contributed by atoms with E-state index >= 15 is 0 Å². The van der Waals surface area contributed by atoms with Crippen LogP contribution in [0.4, 0.5) is 50.9 Å². The summed E-state index contributed by atoms with van der Waals surface area (Å²) >= 11 is 1.47. The molecule has 2 amide bonds. The van der Waals surface area contributed by atoms with Crippen molar-refractivity contribution in [3.8, 4) is 11.5 Å². The van der Waals surface area contributed by atoms with E-state index in [-0.39, 0.29) is 11.5 Å². The van der Waals surface area contributed by atoms with E-state index in [1.165, 1.54) is 17.5 Å². The molecule has 26 heteroatoms. The Labute approximate surface area is 342 Å². The third-order valence-corrected chi connectivity index (χ3v) is 7.75. The summed E-state index contributed by atoms with van der Waals surface area (Å²) in [4.78, 5) is 60.5. The van der Waals surface area contributed by atoms with Crippen molar-refractivity contribution in [3.05, 3.63) is 69.8 Å². The summed E-state index contributed by atoms with van der Waals surface area (Å²) in [5.41, 5.74) is 18.4. The smallest absolute Gasteiger partial charge is 0.490 e. The number of aromatic nitrogens is 2. The fourth-order valence-electron chi connectivity index (χ4n) is 4.50. The number of nitrogens with zero attached hydrogens (tertiary/aromatic N) is 2. The SMILES string of the molecule is CCOc1cc2ncc(C(N)=O)c(Nc3cccc(CNC(=O)[C@@H](N)Cc4cscn4)c3CC)c2cc1OCC.O=C(O)C(F)(F)F.O=C(O)C(F)(F)F.O=C(O)C(F)(F)F. The Balaban J connectivity index is 0.000000726. The number of anilines is 2. The molecule has 0 radical (unpaired) electrons. The summed E-state index contributed by atoms with van der Waals surface area (Å²) in [6.07, 6.45) is -12.7. The van der Waals surface area contributed by atoms with E-state index in [4.69, 9.17) is 50.6 Å². The highest BCUT2D eigenvalue weighted by atomic mass is 32.1. The van der Waals surface area contributed by atoms with Crippen molar-refractivity contribution < 1.29 is 88.3 Å². The van der Waals surface area contributed by atoms with Crippen LogP contribution in [0, 0.1) is 0 Å². The van der Waals surface area contributed by atoms with Crippen molar-refractivity contribution in [3.63, 3.8) is 0 Å². The molecule has 0 fully saturated rings. The predicted molar refractivity (Wildman–Crippen MR) is 198 cm³/mol. The zero-order valence-electron chi connectivity index (χ0n) is 31.8. The number of halogens is 9. The lowest BCUT2D eigenvalue weighted by atomic mass is 10.0. The highest BCUT2D eigenvalue weighted by molar-refractivity contribution is 7.07. The van der Waals surface area contributed by atoms with Crippen molar-refractivity contribution in [2.45, 2.75) is 64.7 Å². The molecular formula is C35H37F9N6O10S. The Hall–Kier alpha value is -6.44. The number of carboxylic acid groups (broad SMARTS) is 3. The number of benzene rings is 2. The van der Waals surface area contributed by atoms with Crippen molar-refractivity contribution in [1.82, 2.24) is 15.3 Å². The number of nitrogens with two attached hydrogens (primary N) is 2. The Morgan fingerprint density at radius 1 is 0.820 bits per heavy atom. The Morgan fingerprint density at radius 3 is 1.75 bits per heavy atom. The van der Waals surface area contributed by atoms with Crippen LogP contribution in [0.25, 0.3) is 10.9 Å². The van der Waals surface area contributed by atoms with Crippen LogP contribution in [-0.2, 0) is 38.6 Å². The minimum atomic E-state index is -5.08. The van der Waals surface area contributed by atoms with Crippen molar-refractivity contribution in [1.29, 1.82) is 0 Å². The number of fused-ring (bicyclic) bond motifs is 1. The number of carbonyl (C=O) groups is 5. The zero-order valence-corrected chi connectivity index (χ0v) is 32.6. The third kappa shape index (κ3) is 17.4. The van der Waals surface area contributed by atoms with Crippen LogP contribution in [0.2, 0.25) is 0 Å². The molecule has 9 N–H and O–H groups in total. The number of rotatable bonds is 13. The molecule has 4 rings (SSSR count). The number of carboxylic acids is 3. The highest BCUT2D eigenvalue weighted by Gasteiger charge is 2.39. The normalized spacial score (nSPS) is 11.6. The number of alkyl halides is 9. The number of thiazole rings is 1. The van der Waals surface area contributed by atoms with Gasteiger partial charge in [0.25, 0.3) is 5.91 Å². The van der Waals surface area contributed by atoms with Gasteiger partial charge in [-0.1, -0.05) is 19.1 Å². The molecule has 1 atom stereocenters. The van der Waals surface area contributed by atoms with Gasteiger partial charge in [0, 0.05) is 41.7 Å². The second-order valence-electron chi connectivity index (χ2n) is 11.4. The number of primary amides is 1. The fraction of sp³-hybridized carbons (Fsp3) is 0.343. The first kappa shape index (κ1) is 52.6. The number of ether oxygens (including phenoxy) is 2. The first-order chi connectivity index (χ1) is 28.2. The molecule has 0 aliphatic rings. The quantitative estimate of drug-likeness (QED) is 0.0762. The van der Waals surface area contributed by atoms with Crippen LogP contribution in [-0.4, -0.2) is 92.8 Å². The fourth-order valence-corrected chi connectivity index (χ4v) is 5.07. The van der Waals surface area contributed by atoms with E-state index in [0.717, 1.165) is 22.5 Å². The maximum atomic E-state index is 12.7. The topological polar surface area (TPSA) is 266 Å². The molecule has 61 heavy (non-hydrogen) atoms. The molecule has 0 bridgehead atoms. The number of amides is 2. The zero-order chi connectivity index (χ0) is 46.9. The number of hydrogen-bond acceptors (Lipinski definition) is 12. The summed E-state index contributed by atoms with van der Waals surface area (Å²) in [5, 5.41) is 30.3. The maximum Gasteiger partial charge on any atom is 0.490 e. The Bertz CT molecular complexity index is 2060. The third-order valence-electron chi connectivity index (χ3n) is 7.11. The van der Waals surface area contributed by atoms with Gasteiger partial charge in [-0.3, -0.25) is 14.6 Å². The van der Waals surface area contributed by atoms with Gasteiger partial charge in [0.15, 0.2) is 11.5 Å². The predicted octanol–water partition coefficient (Wildman–Crippen LogP) is 5.98. The largest absolute Gasteiger partial charge is 0.490 e. The van der Waals surface area contributed by atoms with E-state index in [2.05, 4.69) is 20.6 Å². The average Bonchev–Trinajstić information content (AvgIpc) is 3.67. The van der Waals surface area contributed by atoms with Gasteiger partial charge in [0.2, 0.25) is 5.91 Å². The van der Waals surface area contributed by atoms with Crippen LogP contribution in [0.15, 0.2) is 47.4 Å². The molecule has 0 unspecified atom stereocenters. The average molecular weight is 905 g/mol. The molecule has 0 spiro atoms. The molecule has 0 saturated heterocycles. The number of carbonyl (C=O) groups excluding carboxylic acids is 2. The van der Waals surface area contributed by atoms with Gasteiger partial charge in [-0.05, 0) is 43.5 Å². The summed E-state index contributed by atoms with van der Waals surface area (Å²) in [7, 11) is 0. The Kier molecular flexibility index (Phi) is 20.1. The number of aliphatic carboxylic acids is 3. The van der Waals surface area contributed by atoms with Gasteiger partial charge in [-0.2, -0.15) is 39.5 Å². The van der Waals surface area contributed by atoms with Crippen LogP contribution in [0.3, 0.4) is 0 Å². The lowest BCUT2D eigenvalue weighted by Crippen LogP contribution is -2.41. The van der Waals surface area contributed by atoms with Crippen molar-refractivity contribution in [2.24, 2.45) is 11.5 Å². The monoisotopic (exact) mass is 904 g/mol. The molecule has 0 aliphatic carbocycles. The van der Waals surface area contributed by atoms with Gasteiger partial charge < -0.3 is 46.9 Å². The van der Waals surface area contributed by atoms with E-state index < -0.39 is 48.4 Å². The molecule has 0 aliphatic heterocycles. The molecule has 336 valence electrons. The molecule has 2 aromatic carbocycles. The van der Waals surface area contributed by atoms with Crippen LogP contribution in [0.1, 0.15) is 48.0 Å². The number of nitrogens with one attached hydrogen (secondary N) is 2. The van der Waals surface area contributed by atoms with Crippen molar-refractivity contribution >= 4 is 63.3 Å². The van der Waals surface area contributed by atoms with Gasteiger partial charge >= 0.3 is 36.4 Å². The van der Waals surface area contributed by atoms with Crippen LogP contribution < -0.4 is 31.6 Å². The van der Waals surface area contributed by atoms with Crippen LogP contribution in [0.5, 0.6) is 11.5 Å². The first-order valence-corrected chi connectivity index (χ1v) is 17.8. The van der Waals surface area contributed by atoms with Gasteiger partial charge in [0.05, 0.1) is 47.2 Å². The van der Waals surface area contributed by atoms with Gasteiger partial charge in [0.1, 0.15) is 0 Å². The van der Waals surface area contributed by atoms with Crippen molar-refractivity contribution in [2.75, 3.05) is 18.5 Å².